The van der Waals surface area contributed by atoms with E-state index in [2.05, 4.69) is 187 Å². The van der Waals surface area contributed by atoms with Crippen LogP contribution in [0.2, 0.25) is 0 Å². The topological polar surface area (TPSA) is 126 Å². The monoisotopic (exact) mass is 1130 g/mol. The summed E-state index contributed by atoms with van der Waals surface area (Å²) in [7, 11) is 0. The van der Waals surface area contributed by atoms with Crippen LogP contribution in [-0.4, -0.2) is 102 Å². The van der Waals surface area contributed by atoms with Crippen molar-refractivity contribution in [3.05, 3.63) is 250 Å². The summed E-state index contributed by atoms with van der Waals surface area (Å²) in [5.41, 5.74) is 10.0. The van der Waals surface area contributed by atoms with Crippen molar-refractivity contribution in [2.75, 3.05) is 66.1 Å². The number of ether oxygens (including phenoxy) is 10. The van der Waals surface area contributed by atoms with E-state index in [1.54, 1.807) is 0 Å². The minimum Gasteiger partial charge on any atom is -0.491 e. The van der Waals surface area contributed by atoms with E-state index in [0.717, 1.165) is 82.8 Å². The van der Waals surface area contributed by atoms with Crippen molar-refractivity contribution >= 4 is 0 Å². The highest BCUT2D eigenvalue weighted by molar-refractivity contribution is 5.55. The molecule has 4 saturated heterocycles. The Labute approximate surface area is 494 Å². The first-order valence-corrected chi connectivity index (χ1v) is 29.5. The quantitative estimate of drug-likeness (QED) is 0.0372. The summed E-state index contributed by atoms with van der Waals surface area (Å²) in [6.07, 6.45) is -0.0905. The van der Waals surface area contributed by atoms with Gasteiger partial charge in [-0.1, -0.05) is 149 Å². The molecule has 6 unspecified atom stereocenters. The van der Waals surface area contributed by atoms with Gasteiger partial charge in [0.1, 0.15) is 105 Å². The lowest BCUT2D eigenvalue weighted by molar-refractivity contribution is 0.0626. The molecule has 8 aromatic rings. The number of epoxide rings is 4. The van der Waals surface area contributed by atoms with Crippen LogP contribution in [0.15, 0.2) is 194 Å². The average Bonchev–Trinajstić information content (AvgIpc) is 4.15. The summed E-state index contributed by atoms with van der Waals surface area (Å²) >= 11 is 0. The maximum atomic E-state index is 11.1. The third-order valence-corrected chi connectivity index (χ3v) is 17.5. The van der Waals surface area contributed by atoms with Crippen LogP contribution in [0.5, 0.6) is 34.5 Å². The van der Waals surface area contributed by atoms with Gasteiger partial charge in [0.15, 0.2) is 0 Å². The van der Waals surface area contributed by atoms with Gasteiger partial charge in [-0.3, -0.25) is 0 Å². The summed E-state index contributed by atoms with van der Waals surface area (Å²) in [5.74, 6) is 4.64. The van der Waals surface area contributed by atoms with Crippen LogP contribution in [0.4, 0.5) is 0 Å². The second-order valence-corrected chi connectivity index (χ2v) is 24.1. The molecule has 0 bridgehead atoms. The molecule has 0 amide bonds. The zero-order valence-electron chi connectivity index (χ0n) is 49.0. The molecule has 84 heavy (non-hydrogen) atoms. The maximum absolute atomic E-state index is 11.1. The molecule has 0 aliphatic carbocycles. The largest absolute Gasteiger partial charge is 0.491 e. The number of aliphatic hydroxyl groups excluding tert-OH is 1. The SMILES string of the molecule is CC(C)(c1ccc(OCC2CO2)cc1)c1ccc(C(C)(c2ccc(OCC(O)COc3ccc(C(C)(C)c4ccc(C(C)(c5ccc(OCC6CO6)cc5)c5ccc(OCC6CO6)cc5)cc4)cc3)cc2)c2ccc(OCC3CO3)cc2)cc1. The lowest BCUT2D eigenvalue weighted by Crippen LogP contribution is -2.26. The highest BCUT2D eigenvalue weighted by Crippen LogP contribution is 2.44. The number of benzene rings is 8. The molecular weight excluding hydrogens is 1050 g/mol. The predicted molar refractivity (Wildman–Crippen MR) is 325 cm³/mol. The van der Waals surface area contributed by atoms with Gasteiger partial charge >= 0.3 is 0 Å². The van der Waals surface area contributed by atoms with Gasteiger partial charge in [-0.05, 0) is 142 Å². The molecule has 11 heteroatoms. The van der Waals surface area contributed by atoms with Crippen molar-refractivity contribution in [2.24, 2.45) is 0 Å². The van der Waals surface area contributed by atoms with E-state index in [-0.39, 0.29) is 48.5 Å². The fraction of sp³-hybridized carbons (Fsp3) is 0.342. The van der Waals surface area contributed by atoms with E-state index in [4.69, 9.17) is 47.4 Å². The second kappa shape index (κ2) is 24.1. The summed E-state index contributed by atoms with van der Waals surface area (Å²) in [5, 5.41) is 11.1. The number of hydrogen-bond acceptors (Lipinski definition) is 11. The van der Waals surface area contributed by atoms with E-state index in [0.29, 0.717) is 37.9 Å². The first-order chi connectivity index (χ1) is 40.7. The van der Waals surface area contributed by atoms with Gasteiger partial charge in [0.05, 0.1) is 26.4 Å². The highest BCUT2D eigenvalue weighted by Gasteiger charge is 2.35. The third-order valence-electron chi connectivity index (χ3n) is 17.5. The van der Waals surface area contributed by atoms with Crippen LogP contribution in [-0.2, 0) is 40.6 Å². The van der Waals surface area contributed by atoms with Crippen molar-refractivity contribution in [1.82, 2.24) is 0 Å². The van der Waals surface area contributed by atoms with E-state index >= 15 is 0 Å². The highest BCUT2D eigenvalue weighted by atomic mass is 16.6. The summed E-state index contributed by atoms with van der Waals surface area (Å²) in [4.78, 5) is 0. The Morgan fingerprint density at radius 3 is 0.667 bits per heavy atom. The molecule has 0 radical (unpaired) electrons. The minimum absolute atomic E-state index is 0.0679. The Balaban J connectivity index is 0.681. The summed E-state index contributed by atoms with van der Waals surface area (Å²) in [6.45, 7) is 19.0. The van der Waals surface area contributed by atoms with E-state index in [9.17, 15) is 5.11 Å². The van der Waals surface area contributed by atoms with Gasteiger partial charge in [-0.15, -0.1) is 0 Å². The Kier molecular flexibility index (Phi) is 16.3. The van der Waals surface area contributed by atoms with Crippen LogP contribution < -0.4 is 28.4 Å². The fourth-order valence-electron chi connectivity index (χ4n) is 11.1. The Morgan fingerprint density at radius 1 is 0.298 bits per heavy atom. The summed E-state index contributed by atoms with van der Waals surface area (Å²) in [6, 6.07) is 68.0. The second-order valence-electron chi connectivity index (χ2n) is 24.1. The van der Waals surface area contributed by atoms with Gasteiger partial charge in [0, 0.05) is 21.7 Å². The molecule has 0 aromatic heterocycles. The van der Waals surface area contributed by atoms with Gasteiger partial charge in [-0.2, -0.15) is 0 Å². The standard InChI is InChI=1S/C73H76O11/c1-70(2,49-7-13-54(14-8-49)73(6,57-23-35-64(36-24-57)79-43-68-47-83-68)58-25-37-65(38-26-58)80-44-69-48-84-69)51-15-27-60(28-16-51)75-39-59(74)40-76-61-31-19-55(20-32-61)72(5,56-21-33-63(34-22-56)78-42-67-46-82-67)53-11-9-50(10-12-53)71(3,4)52-17-29-62(30-18-52)77-41-66-45-81-66/h7-38,59,66-69,74H,39-48H2,1-6H3. The lowest BCUT2D eigenvalue weighted by atomic mass is 9.70. The van der Waals surface area contributed by atoms with Crippen molar-refractivity contribution < 1.29 is 52.5 Å². The molecule has 0 saturated carbocycles. The van der Waals surface area contributed by atoms with E-state index < -0.39 is 16.9 Å². The van der Waals surface area contributed by atoms with Crippen molar-refractivity contribution in [3.8, 4) is 34.5 Å². The van der Waals surface area contributed by atoms with Gasteiger partial charge < -0.3 is 52.5 Å². The van der Waals surface area contributed by atoms with Gasteiger partial charge in [-0.25, -0.2) is 0 Å². The third kappa shape index (κ3) is 13.2. The Bertz CT molecular complexity index is 3360. The molecule has 1 N–H and O–H groups in total. The molecular formula is C73H76O11. The smallest absolute Gasteiger partial charge is 0.122 e. The van der Waals surface area contributed by atoms with Crippen LogP contribution in [0.3, 0.4) is 0 Å². The number of aliphatic hydroxyl groups is 1. The van der Waals surface area contributed by atoms with Crippen LogP contribution in [0.25, 0.3) is 0 Å². The number of hydrogen-bond donors (Lipinski definition) is 1. The molecule has 4 aliphatic rings. The summed E-state index contributed by atoms with van der Waals surface area (Å²) < 4.78 is 57.7. The minimum atomic E-state index is -0.860. The van der Waals surface area contributed by atoms with Crippen molar-refractivity contribution in [3.63, 3.8) is 0 Å². The van der Waals surface area contributed by atoms with Gasteiger partial charge in [0.25, 0.3) is 0 Å². The molecule has 434 valence electrons. The molecule has 0 spiro atoms. The fourth-order valence-corrected chi connectivity index (χ4v) is 11.1. The first-order valence-electron chi connectivity index (χ1n) is 29.5. The Morgan fingerprint density at radius 2 is 0.464 bits per heavy atom. The zero-order chi connectivity index (χ0) is 57.9. The van der Waals surface area contributed by atoms with E-state index in [1.165, 1.54) is 22.3 Å². The lowest BCUT2D eigenvalue weighted by Gasteiger charge is -2.33. The number of rotatable bonds is 28. The average molecular weight is 1130 g/mol. The molecule has 12 rings (SSSR count). The van der Waals surface area contributed by atoms with Crippen molar-refractivity contribution in [1.29, 1.82) is 0 Å². The normalized spacial score (nSPS) is 19.7. The maximum Gasteiger partial charge on any atom is 0.122 e. The van der Waals surface area contributed by atoms with Gasteiger partial charge in [0.2, 0.25) is 0 Å². The molecule has 11 nitrogen and oxygen atoms in total. The van der Waals surface area contributed by atoms with Crippen LogP contribution in [0, 0.1) is 0 Å². The molecule has 4 heterocycles. The van der Waals surface area contributed by atoms with E-state index in [1.807, 2.05) is 48.5 Å². The molecule has 4 aliphatic heterocycles. The molecule has 4 fully saturated rings. The first kappa shape index (κ1) is 56.8. The zero-order valence-corrected chi connectivity index (χ0v) is 49.0. The van der Waals surface area contributed by atoms with Crippen molar-refractivity contribution in [2.45, 2.75) is 93.7 Å². The van der Waals surface area contributed by atoms with Crippen LogP contribution >= 0.6 is 0 Å². The predicted octanol–water partition coefficient (Wildman–Crippen LogP) is 13.0. The Hall–Kier alpha value is -7.64. The molecule has 6 atom stereocenters. The molecule has 8 aromatic carbocycles. The van der Waals surface area contributed by atoms with Crippen LogP contribution in [0.1, 0.15) is 97.2 Å².